The second kappa shape index (κ2) is 12.6. The zero-order valence-electron chi connectivity index (χ0n) is 23.1. The van der Waals surface area contributed by atoms with Gasteiger partial charge in [-0.1, -0.05) is 41.4 Å². The maximum absolute atomic E-state index is 13.6. The molecule has 11 heteroatoms. The third kappa shape index (κ3) is 6.80. The summed E-state index contributed by atoms with van der Waals surface area (Å²) in [5, 5.41) is 14.1. The van der Waals surface area contributed by atoms with Crippen LogP contribution < -0.4 is 5.32 Å². The van der Waals surface area contributed by atoms with Gasteiger partial charge in [-0.05, 0) is 74.9 Å². The fourth-order valence-corrected chi connectivity index (χ4v) is 6.11. The van der Waals surface area contributed by atoms with Gasteiger partial charge in [-0.3, -0.25) is 4.79 Å². The molecule has 3 aliphatic rings. The third-order valence-electron chi connectivity index (χ3n) is 8.71. The molecule has 3 amide bonds. The average molecular weight is 604 g/mol. The molecule has 2 aromatic carbocycles. The van der Waals surface area contributed by atoms with Crippen LogP contribution in [-0.2, 0) is 9.53 Å². The fourth-order valence-electron chi connectivity index (χ4n) is 5.82. The highest BCUT2D eigenvalue weighted by atomic mass is 35.5. The summed E-state index contributed by atoms with van der Waals surface area (Å²) in [4.78, 5) is 44.8. The standard InChI is InChI=1S/C30H36Cl2N4O5/c1-20-27(38)36(16-15-35(20)29(40)33-22-7-8-24(31)25(32)17-22)23(19-41-28(39)21-5-3-2-4-6-21)9-13-34-14-12-30(10-11-30)26(37)18-34/h2-8,17,20,23,26,37H,9-16,18-19H2,1H3,(H,33,40). The van der Waals surface area contributed by atoms with Gasteiger partial charge in [-0.25, -0.2) is 9.59 Å². The molecule has 220 valence electrons. The van der Waals surface area contributed by atoms with Crippen molar-refractivity contribution in [2.75, 3.05) is 44.6 Å². The number of ether oxygens (including phenoxy) is 1. The first kappa shape index (κ1) is 29.6. The van der Waals surface area contributed by atoms with Crippen LogP contribution in [0.5, 0.6) is 0 Å². The molecule has 2 aromatic rings. The number of halogens is 2. The van der Waals surface area contributed by atoms with Gasteiger partial charge in [0, 0.05) is 31.9 Å². The molecule has 3 unspecified atom stereocenters. The predicted molar refractivity (Wildman–Crippen MR) is 157 cm³/mol. The molecule has 41 heavy (non-hydrogen) atoms. The van der Waals surface area contributed by atoms with Crippen LogP contribution in [0.25, 0.3) is 0 Å². The first-order chi connectivity index (χ1) is 19.7. The minimum absolute atomic E-state index is 0.0436. The number of nitrogens with one attached hydrogen (secondary N) is 1. The number of urea groups is 1. The Balaban J connectivity index is 1.23. The summed E-state index contributed by atoms with van der Waals surface area (Å²) in [6.07, 6.45) is 3.41. The Morgan fingerprint density at radius 2 is 1.83 bits per heavy atom. The smallest absolute Gasteiger partial charge is 0.338 e. The molecule has 0 bridgehead atoms. The van der Waals surface area contributed by atoms with Gasteiger partial charge in [-0.2, -0.15) is 0 Å². The molecule has 3 atom stereocenters. The lowest BCUT2D eigenvalue weighted by Gasteiger charge is -2.43. The SMILES string of the molecule is CC1C(=O)N(C(CCN2CCC3(CC3)C(O)C2)COC(=O)c2ccccc2)CCN1C(=O)Nc1ccc(Cl)c(Cl)c1. The Morgan fingerprint density at radius 3 is 2.51 bits per heavy atom. The van der Waals surface area contributed by atoms with Crippen molar-refractivity contribution in [3.63, 3.8) is 0 Å². The van der Waals surface area contributed by atoms with Gasteiger partial charge in [-0.15, -0.1) is 0 Å². The number of rotatable bonds is 8. The van der Waals surface area contributed by atoms with Gasteiger partial charge >= 0.3 is 12.0 Å². The molecule has 0 radical (unpaired) electrons. The lowest BCUT2D eigenvalue weighted by atomic mass is 9.90. The van der Waals surface area contributed by atoms with Crippen LogP contribution in [0, 0.1) is 5.41 Å². The number of piperidine rings is 1. The highest BCUT2D eigenvalue weighted by Gasteiger charge is 2.51. The number of nitrogens with zero attached hydrogens (tertiary/aromatic N) is 3. The van der Waals surface area contributed by atoms with Crippen LogP contribution >= 0.6 is 23.2 Å². The number of anilines is 1. The Morgan fingerprint density at radius 1 is 1.07 bits per heavy atom. The second-order valence-electron chi connectivity index (χ2n) is 11.3. The number of likely N-dealkylation sites (tertiary alicyclic amines) is 1. The molecule has 1 aliphatic carbocycles. The van der Waals surface area contributed by atoms with Crippen molar-refractivity contribution in [1.82, 2.24) is 14.7 Å². The quantitative estimate of drug-likeness (QED) is 0.431. The van der Waals surface area contributed by atoms with Gasteiger partial charge in [0.05, 0.1) is 27.8 Å². The first-order valence-corrected chi connectivity index (χ1v) is 14.9. The summed E-state index contributed by atoms with van der Waals surface area (Å²) in [5.74, 6) is -0.656. The summed E-state index contributed by atoms with van der Waals surface area (Å²) in [7, 11) is 0. The highest BCUT2D eigenvalue weighted by molar-refractivity contribution is 6.42. The van der Waals surface area contributed by atoms with Crippen molar-refractivity contribution in [2.45, 2.75) is 50.8 Å². The lowest BCUT2D eigenvalue weighted by molar-refractivity contribution is -0.143. The van der Waals surface area contributed by atoms with Crippen molar-refractivity contribution in [1.29, 1.82) is 0 Å². The topological polar surface area (TPSA) is 102 Å². The van der Waals surface area contributed by atoms with E-state index in [2.05, 4.69) is 10.2 Å². The van der Waals surface area contributed by atoms with Crippen LogP contribution in [-0.4, -0.2) is 95.2 Å². The molecular formula is C30H36Cl2N4O5. The molecule has 5 rings (SSSR count). The molecule has 1 saturated carbocycles. The Labute approximate surface area is 250 Å². The van der Waals surface area contributed by atoms with E-state index in [-0.39, 0.29) is 30.1 Å². The average Bonchev–Trinajstić information content (AvgIpc) is 3.75. The maximum atomic E-state index is 13.6. The van der Waals surface area contributed by atoms with E-state index < -0.39 is 18.0 Å². The highest BCUT2D eigenvalue weighted by Crippen LogP contribution is 2.53. The van der Waals surface area contributed by atoms with Crippen molar-refractivity contribution < 1.29 is 24.2 Å². The Bertz CT molecular complexity index is 1270. The Hall–Kier alpha value is -2.85. The minimum atomic E-state index is -0.717. The molecule has 1 spiro atoms. The van der Waals surface area contributed by atoms with E-state index in [0.29, 0.717) is 53.9 Å². The molecule has 9 nitrogen and oxygen atoms in total. The van der Waals surface area contributed by atoms with E-state index in [4.69, 9.17) is 27.9 Å². The number of esters is 1. The predicted octanol–water partition coefficient (Wildman–Crippen LogP) is 4.52. The number of hydrogen-bond acceptors (Lipinski definition) is 6. The van der Waals surface area contributed by atoms with E-state index in [1.807, 2.05) is 6.07 Å². The Kier molecular flexibility index (Phi) is 9.09. The molecule has 2 aliphatic heterocycles. The zero-order valence-corrected chi connectivity index (χ0v) is 24.6. The van der Waals surface area contributed by atoms with Crippen LogP contribution in [0.2, 0.25) is 10.0 Å². The minimum Gasteiger partial charge on any atom is -0.460 e. The molecule has 3 fully saturated rings. The number of benzene rings is 2. The normalized spacial score (nSPS) is 22.9. The van der Waals surface area contributed by atoms with Crippen LogP contribution in [0.1, 0.15) is 43.0 Å². The number of carbonyl (C=O) groups excluding carboxylic acids is 3. The summed E-state index contributed by atoms with van der Waals surface area (Å²) in [6.45, 7) is 4.55. The number of hydrogen-bond donors (Lipinski definition) is 2. The van der Waals surface area contributed by atoms with Crippen molar-refractivity contribution in [3.05, 3.63) is 64.1 Å². The largest absolute Gasteiger partial charge is 0.460 e. The van der Waals surface area contributed by atoms with Crippen LogP contribution in [0.4, 0.5) is 10.5 Å². The van der Waals surface area contributed by atoms with E-state index in [0.717, 1.165) is 25.8 Å². The number of aliphatic hydroxyl groups is 1. The first-order valence-electron chi connectivity index (χ1n) is 14.1. The van der Waals surface area contributed by atoms with Gasteiger partial charge in [0.2, 0.25) is 5.91 Å². The third-order valence-corrected chi connectivity index (χ3v) is 9.45. The number of amides is 3. The number of piperazine rings is 1. The van der Waals surface area contributed by atoms with Crippen LogP contribution in [0.3, 0.4) is 0 Å². The number of β-amino-alcohol motifs (C(OH)–C–C–N with tert-alkyl or cyclic N) is 1. The molecule has 2 saturated heterocycles. The van der Waals surface area contributed by atoms with Crippen molar-refractivity contribution in [3.8, 4) is 0 Å². The van der Waals surface area contributed by atoms with E-state index in [1.54, 1.807) is 54.3 Å². The monoisotopic (exact) mass is 602 g/mol. The lowest BCUT2D eigenvalue weighted by Crippen LogP contribution is -2.61. The summed E-state index contributed by atoms with van der Waals surface area (Å²) in [5.41, 5.74) is 1.04. The van der Waals surface area contributed by atoms with Gasteiger partial charge in [0.1, 0.15) is 12.6 Å². The van der Waals surface area contributed by atoms with E-state index >= 15 is 0 Å². The molecule has 2 heterocycles. The summed E-state index contributed by atoms with van der Waals surface area (Å²) in [6, 6.07) is 12.1. The fraction of sp³-hybridized carbons (Fsp3) is 0.500. The van der Waals surface area contributed by atoms with E-state index in [1.165, 1.54) is 4.90 Å². The van der Waals surface area contributed by atoms with Crippen LogP contribution in [0.15, 0.2) is 48.5 Å². The number of carbonyl (C=O) groups is 3. The molecule has 0 aromatic heterocycles. The number of aliphatic hydroxyl groups excluding tert-OH is 1. The van der Waals surface area contributed by atoms with Crippen molar-refractivity contribution >= 4 is 46.8 Å². The maximum Gasteiger partial charge on any atom is 0.338 e. The summed E-state index contributed by atoms with van der Waals surface area (Å²) < 4.78 is 5.69. The second-order valence-corrected chi connectivity index (χ2v) is 12.1. The summed E-state index contributed by atoms with van der Waals surface area (Å²) >= 11 is 12.1. The van der Waals surface area contributed by atoms with Gasteiger partial charge in [0.15, 0.2) is 0 Å². The molecule has 2 N–H and O–H groups in total. The zero-order chi connectivity index (χ0) is 29.1. The van der Waals surface area contributed by atoms with E-state index in [9.17, 15) is 19.5 Å². The van der Waals surface area contributed by atoms with Gasteiger partial charge < -0.3 is 29.9 Å². The van der Waals surface area contributed by atoms with Gasteiger partial charge in [0.25, 0.3) is 0 Å². The van der Waals surface area contributed by atoms with Crippen molar-refractivity contribution in [2.24, 2.45) is 5.41 Å². The molecular weight excluding hydrogens is 567 g/mol.